The van der Waals surface area contributed by atoms with Crippen molar-refractivity contribution in [3.8, 4) is 0 Å². The number of hydrogen-bond donors (Lipinski definition) is 2. The van der Waals surface area contributed by atoms with Crippen molar-refractivity contribution in [3.05, 3.63) is 28.5 Å². The van der Waals surface area contributed by atoms with E-state index < -0.39 is 17.7 Å². The first-order valence-electron chi connectivity index (χ1n) is 5.52. The average molecular weight is 317 g/mol. The number of halogens is 1. The number of aliphatic hydroxyl groups is 1. The zero-order chi connectivity index (χ0) is 13.8. The fourth-order valence-electron chi connectivity index (χ4n) is 1.30. The van der Waals surface area contributed by atoms with Crippen LogP contribution in [0.2, 0.25) is 0 Å². The number of pyridine rings is 1. The number of amides is 1. The lowest BCUT2D eigenvalue weighted by atomic mass is 10.1. The van der Waals surface area contributed by atoms with Crippen molar-refractivity contribution in [2.45, 2.75) is 32.4 Å². The summed E-state index contributed by atoms with van der Waals surface area (Å²) < 4.78 is 5.91. The van der Waals surface area contributed by atoms with Gasteiger partial charge in [0.25, 0.3) is 0 Å². The number of aromatic nitrogens is 1. The molecule has 0 aliphatic heterocycles. The number of carbonyl (C=O) groups is 1. The minimum Gasteiger partial charge on any atom is -0.444 e. The van der Waals surface area contributed by atoms with Gasteiger partial charge in [-0.05, 0) is 48.3 Å². The summed E-state index contributed by atoms with van der Waals surface area (Å²) in [6.07, 6.45) is 2.65. The first kappa shape index (κ1) is 14.9. The normalized spacial score (nSPS) is 12.9. The quantitative estimate of drug-likeness (QED) is 0.898. The van der Waals surface area contributed by atoms with Crippen LogP contribution in [0.1, 0.15) is 32.4 Å². The molecule has 100 valence electrons. The fraction of sp³-hybridized carbons (Fsp3) is 0.500. The monoisotopic (exact) mass is 316 g/mol. The molecule has 0 unspecified atom stereocenters. The molecule has 18 heavy (non-hydrogen) atoms. The summed E-state index contributed by atoms with van der Waals surface area (Å²) in [5.41, 5.74) is 0.136. The Labute approximate surface area is 115 Å². The third kappa shape index (κ3) is 5.01. The first-order chi connectivity index (χ1) is 8.31. The zero-order valence-corrected chi connectivity index (χ0v) is 12.2. The van der Waals surface area contributed by atoms with Crippen LogP contribution in [0.25, 0.3) is 0 Å². The first-order valence-corrected chi connectivity index (χ1v) is 6.32. The van der Waals surface area contributed by atoms with Crippen LogP contribution in [-0.4, -0.2) is 28.4 Å². The maximum atomic E-state index is 11.6. The SMILES string of the molecule is CC(C)(C)OC(=O)N[C@H](CO)c1cncc(Br)c1. The van der Waals surface area contributed by atoms with Gasteiger partial charge < -0.3 is 15.2 Å². The minimum atomic E-state index is -0.570. The van der Waals surface area contributed by atoms with Gasteiger partial charge in [-0.25, -0.2) is 4.79 Å². The molecule has 1 rings (SSSR count). The Morgan fingerprint density at radius 2 is 2.22 bits per heavy atom. The van der Waals surface area contributed by atoms with Gasteiger partial charge in [0.15, 0.2) is 0 Å². The van der Waals surface area contributed by atoms with Crippen LogP contribution in [0.5, 0.6) is 0 Å². The van der Waals surface area contributed by atoms with Crippen LogP contribution in [0.15, 0.2) is 22.9 Å². The van der Waals surface area contributed by atoms with E-state index >= 15 is 0 Å². The summed E-state index contributed by atoms with van der Waals surface area (Å²) >= 11 is 3.29. The predicted molar refractivity (Wildman–Crippen MR) is 71.1 cm³/mol. The van der Waals surface area contributed by atoms with E-state index in [0.29, 0.717) is 5.56 Å². The topological polar surface area (TPSA) is 71.5 Å². The van der Waals surface area contributed by atoms with Crippen molar-refractivity contribution < 1.29 is 14.6 Å². The molecule has 6 heteroatoms. The number of ether oxygens (including phenoxy) is 1. The fourth-order valence-corrected chi connectivity index (χ4v) is 1.69. The second kappa shape index (κ2) is 6.15. The molecule has 5 nitrogen and oxygen atoms in total. The smallest absolute Gasteiger partial charge is 0.408 e. The molecule has 2 N–H and O–H groups in total. The number of rotatable bonds is 3. The number of nitrogens with zero attached hydrogens (tertiary/aromatic N) is 1. The summed E-state index contributed by atoms with van der Waals surface area (Å²) in [6, 6.07) is 1.25. The maximum Gasteiger partial charge on any atom is 0.408 e. The molecule has 0 spiro atoms. The van der Waals surface area contributed by atoms with E-state index in [1.54, 1.807) is 39.2 Å². The highest BCUT2D eigenvalue weighted by Gasteiger charge is 2.20. The molecule has 1 heterocycles. The predicted octanol–water partition coefficient (Wildman–Crippen LogP) is 2.40. The van der Waals surface area contributed by atoms with Crippen molar-refractivity contribution >= 4 is 22.0 Å². The molecule has 1 aromatic rings. The number of carbonyl (C=O) groups excluding carboxylic acids is 1. The van der Waals surface area contributed by atoms with Gasteiger partial charge in [0.2, 0.25) is 0 Å². The standard InChI is InChI=1S/C12H17BrN2O3/c1-12(2,3)18-11(17)15-10(7-16)8-4-9(13)6-14-5-8/h4-6,10,16H,7H2,1-3H3,(H,15,17)/t10-/m1/s1. The summed E-state index contributed by atoms with van der Waals surface area (Å²) in [4.78, 5) is 15.6. The highest BCUT2D eigenvalue weighted by molar-refractivity contribution is 9.10. The molecule has 0 aliphatic rings. The molecule has 1 atom stereocenters. The Bertz CT molecular complexity index is 418. The van der Waals surface area contributed by atoms with Crippen LogP contribution < -0.4 is 5.32 Å². The molecule has 0 radical (unpaired) electrons. The molecule has 1 aromatic heterocycles. The van der Waals surface area contributed by atoms with Gasteiger partial charge in [-0.2, -0.15) is 0 Å². The van der Waals surface area contributed by atoms with Gasteiger partial charge in [0.05, 0.1) is 12.6 Å². The molecule has 0 fully saturated rings. The lowest BCUT2D eigenvalue weighted by molar-refractivity contribution is 0.0481. The molecule has 0 aromatic carbocycles. The Balaban J connectivity index is 2.71. The summed E-state index contributed by atoms with van der Waals surface area (Å²) in [5, 5.41) is 11.9. The van der Waals surface area contributed by atoms with Crippen molar-refractivity contribution in [1.82, 2.24) is 10.3 Å². The van der Waals surface area contributed by atoms with Crippen LogP contribution in [0.4, 0.5) is 4.79 Å². The Morgan fingerprint density at radius 1 is 1.56 bits per heavy atom. The van der Waals surface area contributed by atoms with Crippen LogP contribution in [0, 0.1) is 0 Å². The molecule has 0 saturated heterocycles. The maximum absolute atomic E-state index is 11.6. The molecular weight excluding hydrogens is 300 g/mol. The number of aliphatic hydroxyl groups excluding tert-OH is 1. The van der Waals surface area contributed by atoms with E-state index in [4.69, 9.17) is 4.74 Å². The highest BCUT2D eigenvalue weighted by Crippen LogP contribution is 2.17. The largest absolute Gasteiger partial charge is 0.444 e. The van der Waals surface area contributed by atoms with Gasteiger partial charge in [-0.3, -0.25) is 4.98 Å². The second-order valence-corrected chi connectivity index (χ2v) is 5.73. The van der Waals surface area contributed by atoms with Crippen molar-refractivity contribution in [2.24, 2.45) is 0 Å². The summed E-state index contributed by atoms with van der Waals surface area (Å²) in [7, 11) is 0. The molecule has 1 amide bonds. The van der Waals surface area contributed by atoms with Gasteiger partial charge in [0, 0.05) is 16.9 Å². The van der Waals surface area contributed by atoms with Crippen molar-refractivity contribution in [2.75, 3.05) is 6.61 Å². The van der Waals surface area contributed by atoms with E-state index in [1.807, 2.05) is 0 Å². The van der Waals surface area contributed by atoms with E-state index in [9.17, 15) is 9.90 Å². The third-order valence-corrected chi connectivity index (χ3v) is 2.44. The van der Waals surface area contributed by atoms with Crippen molar-refractivity contribution in [1.29, 1.82) is 0 Å². The average Bonchev–Trinajstić information content (AvgIpc) is 2.23. The molecular formula is C12H17BrN2O3. The number of nitrogens with one attached hydrogen (secondary N) is 1. The summed E-state index contributed by atoms with van der Waals surface area (Å²) in [6.45, 7) is 5.11. The van der Waals surface area contributed by atoms with Crippen molar-refractivity contribution in [3.63, 3.8) is 0 Å². The van der Waals surface area contributed by atoms with E-state index in [1.165, 1.54) is 0 Å². The zero-order valence-electron chi connectivity index (χ0n) is 10.6. The Hall–Kier alpha value is -1.14. The second-order valence-electron chi connectivity index (χ2n) is 4.82. The lowest BCUT2D eigenvalue weighted by Gasteiger charge is -2.22. The van der Waals surface area contributed by atoms with E-state index in [2.05, 4.69) is 26.2 Å². The van der Waals surface area contributed by atoms with Crippen LogP contribution in [0.3, 0.4) is 0 Å². The van der Waals surface area contributed by atoms with Crippen LogP contribution in [-0.2, 0) is 4.74 Å². The molecule has 0 aliphatic carbocycles. The molecule has 0 saturated carbocycles. The Morgan fingerprint density at radius 3 is 2.72 bits per heavy atom. The molecule has 0 bridgehead atoms. The van der Waals surface area contributed by atoms with Gasteiger partial charge in [0.1, 0.15) is 5.60 Å². The van der Waals surface area contributed by atoms with Gasteiger partial charge in [-0.1, -0.05) is 0 Å². The third-order valence-electron chi connectivity index (χ3n) is 2.00. The van der Waals surface area contributed by atoms with E-state index in [0.717, 1.165) is 4.47 Å². The van der Waals surface area contributed by atoms with Gasteiger partial charge >= 0.3 is 6.09 Å². The van der Waals surface area contributed by atoms with Crippen LogP contribution >= 0.6 is 15.9 Å². The Kier molecular flexibility index (Phi) is 5.10. The van der Waals surface area contributed by atoms with Gasteiger partial charge in [-0.15, -0.1) is 0 Å². The minimum absolute atomic E-state index is 0.225. The lowest BCUT2D eigenvalue weighted by Crippen LogP contribution is -2.36. The number of hydrogen-bond acceptors (Lipinski definition) is 4. The number of alkyl carbamates (subject to hydrolysis) is 1. The van der Waals surface area contributed by atoms with E-state index in [-0.39, 0.29) is 6.61 Å². The highest BCUT2D eigenvalue weighted by atomic mass is 79.9. The summed E-state index contributed by atoms with van der Waals surface area (Å²) in [5.74, 6) is 0.